The van der Waals surface area contributed by atoms with E-state index in [1.807, 2.05) is 19.1 Å². The van der Waals surface area contributed by atoms with Gasteiger partial charge in [0.15, 0.2) is 0 Å². The van der Waals surface area contributed by atoms with Gasteiger partial charge in [0.2, 0.25) is 5.78 Å². The normalized spacial score (nSPS) is 10.8. The van der Waals surface area contributed by atoms with Crippen LogP contribution in [0.15, 0.2) is 39.9 Å². The summed E-state index contributed by atoms with van der Waals surface area (Å²) in [6, 6.07) is 10.3. The molecule has 0 fully saturated rings. The van der Waals surface area contributed by atoms with Gasteiger partial charge in [-0.05, 0) is 49.6 Å². The standard InChI is InChI=1S/C22H21N5O3/c1-12(2)18-19(20(28)17-9-13(3)8-14(4)24-17)27(22(30)26-21(18)29)11-16-7-5-6-15(10-23)25-16/h5-9,12H,11H2,1-4H3,(H,26,29,30). The SMILES string of the molecule is Cc1cc(C)nc(C(=O)c2c(C(C)C)c(=O)[nH]c(=O)n2Cc2cccc(C#N)n2)c1. The number of pyridine rings is 2. The van der Waals surface area contributed by atoms with Crippen molar-refractivity contribution in [3.63, 3.8) is 0 Å². The van der Waals surface area contributed by atoms with Gasteiger partial charge in [0.1, 0.15) is 23.2 Å². The maximum atomic E-state index is 13.5. The minimum Gasteiger partial charge on any atom is -0.285 e. The third-order valence-corrected chi connectivity index (χ3v) is 4.60. The fourth-order valence-corrected chi connectivity index (χ4v) is 3.39. The molecule has 8 heteroatoms. The molecule has 0 atom stereocenters. The topological polar surface area (TPSA) is 121 Å². The van der Waals surface area contributed by atoms with Crippen LogP contribution in [0.2, 0.25) is 0 Å². The maximum absolute atomic E-state index is 13.5. The van der Waals surface area contributed by atoms with Gasteiger partial charge < -0.3 is 0 Å². The molecule has 3 aromatic heterocycles. The largest absolute Gasteiger partial charge is 0.329 e. The Hall–Kier alpha value is -3.86. The van der Waals surface area contributed by atoms with Crippen molar-refractivity contribution in [3.05, 3.63) is 90.8 Å². The van der Waals surface area contributed by atoms with Gasteiger partial charge in [-0.25, -0.2) is 14.8 Å². The fraction of sp³-hybridized carbons (Fsp3) is 0.273. The summed E-state index contributed by atoms with van der Waals surface area (Å²) in [4.78, 5) is 49.5. The Balaban J connectivity index is 2.28. The zero-order valence-corrected chi connectivity index (χ0v) is 17.2. The molecule has 3 heterocycles. The second kappa shape index (κ2) is 8.25. The molecule has 0 radical (unpaired) electrons. The van der Waals surface area contributed by atoms with Crippen molar-refractivity contribution in [2.45, 2.75) is 40.2 Å². The molecule has 0 saturated carbocycles. The zero-order chi connectivity index (χ0) is 22.0. The molecule has 3 aromatic rings. The van der Waals surface area contributed by atoms with E-state index >= 15 is 0 Å². The molecule has 30 heavy (non-hydrogen) atoms. The van der Waals surface area contributed by atoms with Gasteiger partial charge >= 0.3 is 5.69 Å². The van der Waals surface area contributed by atoms with E-state index in [2.05, 4.69) is 15.0 Å². The van der Waals surface area contributed by atoms with Crippen LogP contribution in [0.25, 0.3) is 0 Å². The number of nitrogens with one attached hydrogen (secondary N) is 1. The Morgan fingerprint density at radius 3 is 2.57 bits per heavy atom. The molecular formula is C22H21N5O3. The number of hydrogen-bond donors (Lipinski definition) is 1. The Labute approximate surface area is 172 Å². The number of nitrogens with zero attached hydrogens (tertiary/aromatic N) is 4. The fourth-order valence-electron chi connectivity index (χ4n) is 3.39. The lowest BCUT2D eigenvalue weighted by Crippen LogP contribution is -2.38. The molecule has 8 nitrogen and oxygen atoms in total. The second-order valence-corrected chi connectivity index (χ2v) is 7.39. The van der Waals surface area contributed by atoms with Crippen molar-refractivity contribution in [2.75, 3.05) is 0 Å². The molecule has 0 aliphatic heterocycles. The molecule has 0 spiro atoms. The van der Waals surface area contributed by atoms with Crippen molar-refractivity contribution < 1.29 is 4.79 Å². The van der Waals surface area contributed by atoms with E-state index in [-0.39, 0.29) is 35.1 Å². The summed E-state index contributed by atoms with van der Waals surface area (Å²) in [7, 11) is 0. The van der Waals surface area contributed by atoms with E-state index in [1.54, 1.807) is 45.0 Å². The predicted octanol–water partition coefficient (Wildman–Crippen LogP) is 2.22. The van der Waals surface area contributed by atoms with Crippen LogP contribution in [0, 0.1) is 25.2 Å². The van der Waals surface area contributed by atoms with Crippen molar-refractivity contribution in [2.24, 2.45) is 0 Å². The summed E-state index contributed by atoms with van der Waals surface area (Å²) in [5.74, 6) is -0.825. The Morgan fingerprint density at radius 1 is 1.20 bits per heavy atom. The molecule has 0 saturated heterocycles. The van der Waals surface area contributed by atoms with Crippen molar-refractivity contribution in [1.29, 1.82) is 5.26 Å². The van der Waals surface area contributed by atoms with E-state index in [9.17, 15) is 14.4 Å². The third-order valence-electron chi connectivity index (χ3n) is 4.60. The lowest BCUT2D eigenvalue weighted by Gasteiger charge is -2.17. The highest BCUT2D eigenvalue weighted by Gasteiger charge is 2.25. The van der Waals surface area contributed by atoms with Gasteiger partial charge in [-0.15, -0.1) is 0 Å². The Morgan fingerprint density at radius 2 is 1.93 bits per heavy atom. The van der Waals surface area contributed by atoms with Crippen LogP contribution in [0.3, 0.4) is 0 Å². The highest BCUT2D eigenvalue weighted by atomic mass is 16.2. The number of nitriles is 1. The van der Waals surface area contributed by atoms with Crippen LogP contribution < -0.4 is 11.2 Å². The molecule has 0 bridgehead atoms. The summed E-state index contributed by atoms with van der Waals surface area (Å²) >= 11 is 0. The quantitative estimate of drug-likeness (QED) is 0.652. The molecule has 152 valence electrons. The van der Waals surface area contributed by atoms with E-state index in [0.717, 1.165) is 5.56 Å². The summed E-state index contributed by atoms with van der Waals surface area (Å²) < 4.78 is 1.20. The van der Waals surface area contributed by atoms with Crippen molar-refractivity contribution in [1.82, 2.24) is 19.5 Å². The molecular weight excluding hydrogens is 382 g/mol. The van der Waals surface area contributed by atoms with Crippen molar-refractivity contribution >= 4 is 5.78 Å². The van der Waals surface area contributed by atoms with Crippen LogP contribution in [0.4, 0.5) is 0 Å². The highest BCUT2D eigenvalue weighted by Crippen LogP contribution is 2.19. The minimum atomic E-state index is -0.721. The first kappa shape index (κ1) is 20.9. The van der Waals surface area contributed by atoms with Crippen molar-refractivity contribution in [3.8, 4) is 6.07 Å². The number of hydrogen-bond acceptors (Lipinski definition) is 6. The van der Waals surface area contributed by atoms with Gasteiger partial charge in [0.05, 0.1) is 12.2 Å². The predicted molar refractivity (Wildman–Crippen MR) is 111 cm³/mol. The van der Waals surface area contributed by atoms with E-state index < -0.39 is 17.0 Å². The van der Waals surface area contributed by atoms with E-state index in [0.29, 0.717) is 11.4 Å². The molecule has 0 amide bonds. The number of aromatic amines is 1. The number of aromatic nitrogens is 4. The summed E-state index contributed by atoms with van der Waals surface area (Å²) in [5.41, 5.74) is 1.15. The van der Waals surface area contributed by atoms with Gasteiger partial charge in [-0.3, -0.25) is 19.1 Å². The average Bonchev–Trinajstić information content (AvgIpc) is 2.68. The molecule has 1 N–H and O–H groups in total. The highest BCUT2D eigenvalue weighted by molar-refractivity contribution is 6.07. The van der Waals surface area contributed by atoms with Crippen LogP contribution in [-0.4, -0.2) is 25.3 Å². The first-order valence-electron chi connectivity index (χ1n) is 9.44. The second-order valence-electron chi connectivity index (χ2n) is 7.39. The molecule has 0 aliphatic rings. The number of H-pyrrole nitrogens is 1. The van der Waals surface area contributed by atoms with Crippen LogP contribution in [-0.2, 0) is 6.54 Å². The monoisotopic (exact) mass is 403 g/mol. The lowest BCUT2D eigenvalue weighted by molar-refractivity contribution is 0.102. The maximum Gasteiger partial charge on any atom is 0.329 e. The number of aryl methyl sites for hydroxylation is 2. The van der Waals surface area contributed by atoms with Gasteiger partial charge in [-0.1, -0.05) is 19.9 Å². The molecule has 0 unspecified atom stereocenters. The molecule has 3 rings (SSSR count). The number of rotatable bonds is 5. The third kappa shape index (κ3) is 4.10. The summed E-state index contributed by atoms with van der Waals surface area (Å²) in [6.07, 6.45) is 0. The van der Waals surface area contributed by atoms with Gasteiger partial charge in [-0.2, -0.15) is 5.26 Å². The van der Waals surface area contributed by atoms with Gasteiger partial charge in [0, 0.05) is 11.3 Å². The molecule has 0 aromatic carbocycles. The van der Waals surface area contributed by atoms with E-state index in [4.69, 9.17) is 5.26 Å². The van der Waals surface area contributed by atoms with Crippen LogP contribution >= 0.6 is 0 Å². The average molecular weight is 403 g/mol. The smallest absolute Gasteiger partial charge is 0.285 e. The lowest BCUT2D eigenvalue weighted by atomic mass is 9.98. The minimum absolute atomic E-state index is 0.0135. The number of ketones is 1. The first-order chi connectivity index (χ1) is 14.2. The first-order valence-corrected chi connectivity index (χ1v) is 9.44. The Bertz CT molecular complexity index is 1280. The molecule has 0 aliphatic carbocycles. The Kier molecular flexibility index (Phi) is 5.74. The zero-order valence-electron chi connectivity index (χ0n) is 17.2. The van der Waals surface area contributed by atoms with Crippen LogP contribution in [0.1, 0.15) is 64.2 Å². The summed E-state index contributed by atoms with van der Waals surface area (Å²) in [5, 5.41) is 9.09. The van der Waals surface area contributed by atoms with E-state index in [1.165, 1.54) is 4.57 Å². The number of carbonyl (C=O) groups excluding carboxylic acids is 1. The van der Waals surface area contributed by atoms with Gasteiger partial charge in [0.25, 0.3) is 5.56 Å². The summed E-state index contributed by atoms with van der Waals surface area (Å²) in [6.45, 7) is 7.10. The number of carbonyl (C=O) groups is 1. The van der Waals surface area contributed by atoms with Crippen LogP contribution in [0.5, 0.6) is 0 Å².